The van der Waals surface area contributed by atoms with E-state index in [2.05, 4.69) is 5.32 Å². The van der Waals surface area contributed by atoms with Crippen molar-refractivity contribution < 1.29 is 9.59 Å². The van der Waals surface area contributed by atoms with Crippen LogP contribution in [0, 0.1) is 5.41 Å². The van der Waals surface area contributed by atoms with E-state index in [0.29, 0.717) is 6.42 Å². The van der Waals surface area contributed by atoms with Gasteiger partial charge in [-0.05, 0) is 12.8 Å². The Bertz CT molecular complexity index is 265. The summed E-state index contributed by atoms with van der Waals surface area (Å²) < 4.78 is 0. The highest BCUT2D eigenvalue weighted by Crippen LogP contribution is 2.39. The second-order valence-electron chi connectivity index (χ2n) is 4.95. The summed E-state index contributed by atoms with van der Waals surface area (Å²) in [5.41, 5.74) is -0.338. The molecule has 1 aliphatic heterocycles. The summed E-state index contributed by atoms with van der Waals surface area (Å²) in [5, 5.41) is 2.75. The van der Waals surface area contributed by atoms with Crippen LogP contribution >= 0.6 is 0 Å². The van der Waals surface area contributed by atoms with Gasteiger partial charge in [0.1, 0.15) is 0 Å². The van der Waals surface area contributed by atoms with Gasteiger partial charge in [-0.25, -0.2) is 0 Å². The number of amides is 1. The third kappa shape index (κ3) is 2.21. The Morgan fingerprint density at radius 1 is 0.933 bits per heavy atom. The van der Waals surface area contributed by atoms with Crippen LogP contribution in [0.25, 0.3) is 0 Å². The number of rotatable bonds is 0. The van der Waals surface area contributed by atoms with E-state index >= 15 is 0 Å². The van der Waals surface area contributed by atoms with E-state index in [0.717, 1.165) is 25.7 Å². The fourth-order valence-electron chi connectivity index (χ4n) is 2.87. The maximum absolute atomic E-state index is 11.9. The van der Waals surface area contributed by atoms with Gasteiger partial charge >= 0.3 is 0 Å². The standard InChI is InChI=1S/C12H19NO2/c14-10-8-12(11(15)13-9-10)6-4-2-1-3-5-7-12/h1-9H2,(H,13,15). The first kappa shape index (κ1) is 10.7. The Hall–Kier alpha value is -0.860. The third-order valence-corrected chi connectivity index (χ3v) is 3.77. The molecule has 0 atom stereocenters. The quantitative estimate of drug-likeness (QED) is 0.661. The van der Waals surface area contributed by atoms with E-state index in [-0.39, 0.29) is 23.7 Å². The van der Waals surface area contributed by atoms with Gasteiger partial charge in [0.2, 0.25) is 5.91 Å². The van der Waals surface area contributed by atoms with Crippen LogP contribution in [-0.4, -0.2) is 18.2 Å². The topological polar surface area (TPSA) is 46.2 Å². The van der Waals surface area contributed by atoms with Crippen molar-refractivity contribution in [1.29, 1.82) is 0 Å². The van der Waals surface area contributed by atoms with Gasteiger partial charge in [0.15, 0.2) is 5.78 Å². The van der Waals surface area contributed by atoms with Gasteiger partial charge in [-0.1, -0.05) is 32.1 Å². The Morgan fingerprint density at radius 2 is 1.53 bits per heavy atom. The van der Waals surface area contributed by atoms with Crippen LogP contribution in [0.5, 0.6) is 0 Å². The van der Waals surface area contributed by atoms with Crippen LogP contribution < -0.4 is 5.32 Å². The highest BCUT2D eigenvalue weighted by atomic mass is 16.2. The van der Waals surface area contributed by atoms with Crippen molar-refractivity contribution in [2.75, 3.05) is 6.54 Å². The SMILES string of the molecule is O=C1CNC(=O)C2(CCCCCCC2)C1. The van der Waals surface area contributed by atoms with Gasteiger partial charge < -0.3 is 5.32 Å². The van der Waals surface area contributed by atoms with Crippen molar-refractivity contribution in [2.45, 2.75) is 51.4 Å². The fraction of sp³-hybridized carbons (Fsp3) is 0.833. The lowest BCUT2D eigenvalue weighted by molar-refractivity contribution is -0.142. The second kappa shape index (κ2) is 4.33. The lowest BCUT2D eigenvalue weighted by Crippen LogP contribution is -2.50. The van der Waals surface area contributed by atoms with Crippen molar-refractivity contribution in [3.8, 4) is 0 Å². The first-order valence-electron chi connectivity index (χ1n) is 6.03. The van der Waals surface area contributed by atoms with Crippen molar-refractivity contribution in [1.82, 2.24) is 5.32 Å². The number of nitrogens with one attached hydrogen (secondary N) is 1. The predicted molar refractivity (Wildman–Crippen MR) is 57.4 cm³/mol. The number of hydrogen-bond acceptors (Lipinski definition) is 2. The van der Waals surface area contributed by atoms with Gasteiger partial charge in [-0.3, -0.25) is 9.59 Å². The highest BCUT2D eigenvalue weighted by Gasteiger charge is 2.42. The van der Waals surface area contributed by atoms with Gasteiger partial charge in [0.25, 0.3) is 0 Å². The molecular formula is C12H19NO2. The minimum atomic E-state index is -0.338. The zero-order valence-corrected chi connectivity index (χ0v) is 9.18. The van der Waals surface area contributed by atoms with Crippen LogP contribution in [0.1, 0.15) is 51.4 Å². The molecule has 15 heavy (non-hydrogen) atoms. The molecule has 3 nitrogen and oxygen atoms in total. The van der Waals surface area contributed by atoms with Crippen LogP contribution in [0.2, 0.25) is 0 Å². The normalized spacial score (nSPS) is 26.9. The molecule has 1 amide bonds. The predicted octanol–water partition coefficient (Wildman–Crippen LogP) is 1.81. The summed E-state index contributed by atoms with van der Waals surface area (Å²) in [4.78, 5) is 23.4. The van der Waals surface area contributed by atoms with E-state index in [1.54, 1.807) is 0 Å². The zero-order valence-electron chi connectivity index (χ0n) is 9.18. The first-order valence-corrected chi connectivity index (χ1v) is 6.03. The van der Waals surface area contributed by atoms with Gasteiger partial charge in [-0.15, -0.1) is 0 Å². The lowest BCUT2D eigenvalue weighted by atomic mass is 9.70. The molecule has 0 unspecified atom stereocenters. The maximum Gasteiger partial charge on any atom is 0.227 e. The molecule has 0 aromatic carbocycles. The van der Waals surface area contributed by atoms with Gasteiger partial charge in [0, 0.05) is 6.42 Å². The molecule has 1 heterocycles. The van der Waals surface area contributed by atoms with Crippen molar-refractivity contribution in [2.24, 2.45) is 5.41 Å². The highest BCUT2D eigenvalue weighted by molar-refractivity contribution is 5.96. The van der Waals surface area contributed by atoms with Gasteiger partial charge in [-0.2, -0.15) is 0 Å². The molecule has 0 bridgehead atoms. The van der Waals surface area contributed by atoms with Crippen molar-refractivity contribution in [3.63, 3.8) is 0 Å². The molecular weight excluding hydrogens is 190 g/mol. The molecule has 2 aliphatic rings. The number of ketones is 1. The Labute approximate surface area is 90.6 Å². The van der Waals surface area contributed by atoms with Crippen LogP contribution in [0.3, 0.4) is 0 Å². The van der Waals surface area contributed by atoms with Crippen LogP contribution in [0.15, 0.2) is 0 Å². The first-order chi connectivity index (χ1) is 7.23. The molecule has 0 radical (unpaired) electrons. The third-order valence-electron chi connectivity index (χ3n) is 3.77. The Morgan fingerprint density at radius 3 is 2.20 bits per heavy atom. The zero-order chi connectivity index (χ0) is 10.7. The maximum atomic E-state index is 11.9. The van der Waals surface area contributed by atoms with E-state index in [4.69, 9.17) is 0 Å². The van der Waals surface area contributed by atoms with E-state index in [1.165, 1.54) is 19.3 Å². The molecule has 2 fully saturated rings. The smallest absolute Gasteiger partial charge is 0.227 e. The molecule has 3 heteroatoms. The van der Waals surface area contributed by atoms with Gasteiger partial charge in [0.05, 0.1) is 12.0 Å². The summed E-state index contributed by atoms with van der Waals surface area (Å²) >= 11 is 0. The summed E-state index contributed by atoms with van der Waals surface area (Å²) in [6, 6.07) is 0. The number of hydrogen-bond donors (Lipinski definition) is 1. The summed E-state index contributed by atoms with van der Waals surface area (Å²) in [7, 11) is 0. The number of carbonyl (C=O) groups is 2. The molecule has 1 saturated carbocycles. The average Bonchev–Trinajstić information content (AvgIpc) is 2.18. The van der Waals surface area contributed by atoms with Crippen LogP contribution in [-0.2, 0) is 9.59 Å². The van der Waals surface area contributed by atoms with Crippen molar-refractivity contribution >= 4 is 11.7 Å². The molecule has 1 saturated heterocycles. The van der Waals surface area contributed by atoms with E-state index in [1.807, 2.05) is 0 Å². The number of piperidine rings is 1. The summed E-state index contributed by atoms with van der Waals surface area (Å²) in [6.45, 7) is 0.251. The Balaban J connectivity index is 2.11. The molecule has 2 rings (SSSR count). The van der Waals surface area contributed by atoms with E-state index < -0.39 is 0 Å². The summed E-state index contributed by atoms with van der Waals surface area (Å²) in [5.74, 6) is 0.333. The monoisotopic (exact) mass is 209 g/mol. The Kier molecular flexibility index (Phi) is 3.08. The number of carbonyl (C=O) groups excluding carboxylic acids is 2. The molecule has 1 aliphatic carbocycles. The largest absolute Gasteiger partial charge is 0.349 e. The molecule has 0 aromatic heterocycles. The molecule has 84 valence electrons. The number of Topliss-reactive ketones (excluding diaryl/α,β-unsaturated/α-hetero) is 1. The lowest BCUT2D eigenvalue weighted by Gasteiger charge is -2.36. The second-order valence-corrected chi connectivity index (χ2v) is 4.95. The molecule has 1 N–H and O–H groups in total. The fourth-order valence-corrected chi connectivity index (χ4v) is 2.87. The van der Waals surface area contributed by atoms with E-state index in [9.17, 15) is 9.59 Å². The minimum absolute atomic E-state index is 0.129. The molecule has 0 aromatic rings. The minimum Gasteiger partial charge on any atom is -0.349 e. The van der Waals surface area contributed by atoms with Crippen molar-refractivity contribution in [3.05, 3.63) is 0 Å². The molecule has 1 spiro atoms. The van der Waals surface area contributed by atoms with Crippen LogP contribution in [0.4, 0.5) is 0 Å². The average molecular weight is 209 g/mol. The summed E-state index contributed by atoms with van der Waals surface area (Å²) in [6.07, 6.45) is 8.20.